The van der Waals surface area contributed by atoms with Crippen molar-refractivity contribution in [1.82, 2.24) is 10.3 Å². The normalized spacial score (nSPS) is 13.1. The minimum Gasteiger partial charge on any atom is -0.317 e. The van der Waals surface area contributed by atoms with Gasteiger partial charge in [0.2, 0.25) is 0 Å². The summed E-state index contributed by atoms with van der Waals surface area (Å²) in [6.07, 6.45) is 6.04. The second kappa shape index (κ2) is 5.76. The van der Waals surface area contributed by atoms with Gasteiger partial charge in [-0.15, -0.1) is 0 Å². The van der Waals surface area contributed by atoms with Crippen molar-refractivity contribution < 1.29 is 0 Å². The molecule has 2 heteroatoms. The van der Waals surface area contributed by atoms with Crippen LogP contribution in [0.1, 0.15) is 25.8 Å². The van der Waals surface area contributed by atoms with E-state index in [0.29, 0.717) is 12.0 Å². The Morgan fingerprint density at radius 2 is 1.93 bits per heavy atom. The smallest absolute Gasteiger partial charge is 0.0270 e. The van der Waals surface area contributed by atoms with Crippen LogP contribution < -0.4 is 5.32 Å². The Hall–Kier alpha value is -0.890. The van der Waals surface area contributed by atoms with Crippen LogP contribution in [0.5, 0.6) is 0 Å². The highest BCUT2D eigenvalue weighted by molar-refractivity contribution is 5.09. The molecule has 0 fully saturated rings. The molecule has 1 unspecified atom stereocenters. The van der Waals surface area contributed by atoms with E-state index in [0.717, 1.165) is 6.42 Å². The molecule has 2 nitrogen and oxygen atoms in total. The van der Waals surface area contributed by atoms with Crippen molar-refractivity contribution in [2.24, 2.45) is 5.92 Å². The van der Waals surface area contributed by atoms with Crippen molar-refractivity contribution in [3.05, 3.63) is 30.1 Å². The standard InChI is InChI=1S/C12H20N2/c1-10(2)12(13-3)5-4-11-6-8-14-9-7-11/h6-10,12-13H,4-5H2,1-3H3. The molecule has 0 spiro atoms. The SMILES string of the molecule is CNC(CCc1ccncc1)C(C)C. The van der Waals surface area contributed by atoms with Gasteiger partial charge in [-0.2, -0.15) is 0 Å². The number of pyridine rings is 1. The van der Waals surface area contributed by atoms with Crippen molar-refractivity contribution in [3.8, 4) is 0 Å². The molecule has 0 aliphatic heterocycles. The lowest BCUT2D eigenvalue weighted by Gasteiger charge is -2.19. The predicted octanol–water partition coefficient (Wildman–Crippen LogP) is 2.26. The monoisotopic (exact) mass is 192 g/mol. The van der Waals surface area contributed by atoms with E-state index in [1.807, 2.05) is 19.4 Å². The van der Waals surface area contributed by atoms with E-state index >= 15 is 0 Å². The summed E-state index contributed by atoms with van der Waals surface area (Å²) in [7, 11) is 2.04. The molecular weight excluding hydrogens is 172 g/mol. The van der Waals surface area contributed by atoms with E-state index in [1.54, 1.807) is 0 Å². The Morgan fingerprint density at radius 3 is 2.43 bits per heavy atom. The average Bonchev–Trinajstić information content (AvgIpc) is 2.20. The maximum atomic E-state index is 4.01. The minimum atomic E-state index is 0.614. The van der Waals surface area contributed by atoms with E-state index in [-0.39, 0.29) is 0 Å². The highest BCUT2D eigenvalue weighted by Gasteiger charge is 2.09. The Bertz CT molecular complexity index is 244. The van der Waals surface area contributed by atoms with Crippen LogP contribution in [0, 0.1) is 5.92 Å². The van der Waals surface area contributed by atoms with Gasteiger partial charge in [0.05, 0.1) is 0 Å². The molecule has 0 aliphatic carbocycles. The summed E-state index contributed by atoms with van der Waals surface area (Å²) in [5.74, 6) is 0.696. The first-order valence-electron chi connectivity index (χ1n) is 5.30. The van der Waals surface area contributed by atoms with Gasteiger partial charge in [-0.25, -0.2) is 0 Å². The zero-order valence-electron chi connectivity index (χ0n) is 9.33. The van der Waals surface area contributed by atoms with Crippen molar-refractivity contribution >= 4 is 0 Å². The zero-order valence-corrected chi connectivity index (χ0v) is 9.33. The van der Waals surface area contributed by atoms with E-state index in [4.69, 9.17) is 0 Å². The van der Waals surface area contributed by atoms with Crippen LogP contribution in [-0.2, 0) is 6.42 Å². The quantitative estimate of drug-likeness (QED) is 0.774. The molecule has 0 aromatic carbocycles. The third kappa shape index (κ3) is 3.46. The summed E-state index contributed by atoms with van der Waals surface area (Å²) in [5, 5.41) is 3.36. The van der Waals surface area contributed by atoms with Gasteiger partial charge in [0.1, 0.15) is 0 Å². The van der Waals surface area contributed by atoms with Gasteiger partial charge in [-0.3, -0.25) is 4.98 Å². The van der Waals surface area contributed by atoms with E-state index in [1.165, 1.54) is 12.0 Å². The number of rotatable bonds is 5. The van der Waals surface area contributed by atoms with Gasteiger partial charge < -0.3 is 5.32 Å². The van der Waals surface area contributed by atoms with E-state index < -0.39 is 0 Å². The molecule has 0 bridgehead atoms. The fourth-order valence-corrected chi connectivity index (χ4v) is 1.68. The summed E-state index contributed by atoms with van der Waals surface area (Å²) < 4.78 is 0. The molecule has 1 heterocycles. The Labute approximate surface area is 86.8 Å². The van der Waals surface area contributed by atoms with Crippen molar-refractivity contribution in [2.45, 2.75) is 32.7 Å². The van der Waals surface area contributed by atoms with Crippen molar-refractivity contribution in [2.75, 3.05) is 7.05 Å². The first-order valence-corrected chi connectivity index (χ1v) is 5.30. The van der Waals surface area contributed by atoms with Crippen molar-refractivity contribution in [3.63, 3.8) is 0 Å². The van der Waals surface area contributed by atoms with E-state index in [9.17, 15) is 0 Å². The van der Waals surface area contributed by atoms with Crippen LogP contribution in [0.2, 0.25) is 0 Å². The maximum Gasteiger partial charge on any atom is 0.0270 e. The molecule has 1 aromatic rings. The number of nitrogens with one attached hydrogen (secondary N) is 1. The van der Waals surface area contributed by atoms with Gasteiger partial charge in [0.25, 0.3) is 0 Å². The molecular formula is C12H20N2. The molecule has 1 aromatic heterocycles. The van der Waals surface area contributed by atoms with Crippen LogP contribution in [0.4, 0.5) is 0 Å². The fraction of sp³-hybridized carbons (Fsp3) is 0.583. The second-order valence-electron chi connectivity index (χ2n) is 4.03. The molecule has 0 saturated carbocycles. The second-order valence-corrected chi connectivity index (χ2v) is 4.03. The van der Waals surface area contributed by atoms with Gasteiger partial charge in [-0.1, -0.05) is 13.8 Å². The van der Waals surface area contributed by atoms with E-state index in [2.05, 4.69) is 36.3 Å². The zero-order chi connectivity index (χ0) is 10.4. The Balaban J connectivity index is 2.40. The lowest BCUT2D eigenvalue weighted by molar-refractivity contribution is 0.403. The maximum absolute atomic E-state index is 4.01. The van der Waals surface area contributed by atoms with Gasteiger partial charge in [0.15, 0.2) is 0 Å². The minimum absolute atomic E-state index is 0.614. The summed E-state index contributed by atoms with van der Waals surface area (Å²) in [6.45, 7) is 4.52. The topological polar surface area (TPSA) is 24.9 Å². The lowest BCUT2D eigenvalue weighted by Crippen LogP contribution is -2.30. The highest BCUT2D eigenvalue weighted by Crippen LogP contribution is 2.09. The molecule has 0 saturated heterocycles. The van der Waals surface area contributed by atoms with Crippen LogP contribution in [0.3, 0.4) is 0 Å². The average molecular weight is 192 g/mol. The first kappa shape index (κ1) is 11.2. The third-order valence-corrected chi connectivity index (χ3v) is 2.67. The lowest BCUT2D eigenvalue weighted by atomic mass is 9.97. The Morgan fingerprint density at radius 1 is 1.29 bits per heavy atom. The van der Waals surface area contributed by atoms with Gasteiger partial charge in [0, 0.05) is 18.4 Å². The van der Waals surface area contributed by atoms with Crippen LogP contribution in [0.25, 0.3) is 0 Å². The molecule has 0 aliphatic rings. The van der Waals surface area contributed by atoms with Crippen molar-refractivity contribution in [1.29, 1.82) is 0 Å². The van der Waals surface area contributed by atoms with Crippen LogP contribution in [-0.4, -0.2) is 18.1 Å². The van der Waals surface area contributed by atoms with Gasteiger partial charge in [-0.05, 0) is 43.5 Å². The summed E-state index contributed by atoms with van der Waals surface area (Å²) in [4.78, 5) is 4.01. The number of aromatic nitrogens is 1. The third-order valence-electron chi connectivity index (χ3n) is 2.67. The van der Waals surface area contributed by atoms with Crippen LogP contribution in [0.15, 0.2) is 24.5 Å². The summed E-state index contributed by atoms with van der Waals surface area (Å²) in [5.41, 5.74) is 1.38. The molecule has 78 valence electrons. The Kier molecular flexibility index (Phi) is 4.60. The largest absolute Gasteiger partial charge is 0.317 e. The predicted molar refractivity (Wildman–Crippen MR) is 60.2 cm³/mol. The molecule has 1 rings (SSSR count). The number of nitrogens with zero attached hydrogens (tertiary/aromatic N) is 1. The summed E-state index contributed by atoms with van der Waals surface area (Å²) in [6, 6.07) is 4.79. The molecule has 0 radical (unpaired) electrons. The van der Waals surface area contributed by atoms with Gasteiger partial charge >= 0.3 is 0 Å². The number of hydrogen-bond acceptors (Lipinski definition) is 2. The molecule has 0 amide bonds. The number of hydrogen-bond donors (Lipinski definition) is 1. The van der Waals surface area contributed by atoms with Crippen LogP contribution >= 0.6 is 0 Å². The number of aryl methyl sites for hydroxylation is 1. The first-order chi connectivity index (χ1) is 6.74. The summed E-state index contributed by atoms with van der Waals surface area (Å²) >= 11 is 0. The molecule has 1 atom stereocenters. The molecule has 14 heavy (non-hydrogen) atoms. The highest BCUT2D eigenvalue weighted by atomic mass is 14.9. The fourth-order valence-electron chi connectivity index (χ4n) is 1.68. The molecule has 1 N–H and O–H groups in total.